The molecule has 1 saturated heterocycles. The number of benzene rings is 1. The van der Waals surface area contributed by atoms with Gasteiger partial charge in [0.2, 0.25) is 5.95 Å². The first-order chi connectivity index (χ1) is 17.3. The number of piperidine rings is 1. The smallest absolute Gasteiger partial charge is 0.226 e. The van der Waals surface area contributed by atoms with Crippen LogP contribution in [-0.2, 0) is 5.41 Å². The van der Waals surface area contributed by atoms with Crippen LogP contribution in [-0.4, -0.2) is 52.9 Å². The number of rotatable bonds is 5. The zero-order valence-electron chi connectivity index (χ0n) is 20.7. The lowest BCUT2D eigenvalue weighted by molar-refractivity contribution is 0.376. The summed E-state index contributed by atoms with van der Waals surface area (Å²) < 4.78 is 13.6. The third-order valence-corrected chi connectivity index (χ3v) is 8.04. The lowest BCUT2D eigenvalue weighted by atomic mass is 9.88. The average Bonchev–Trinajstić information content (AvgIpc) is 3.25. The van der Waals surface area contributed by atoms with E-state index in [-0.39, 0.29) is 11.2 Å². The molecule has 0 radical (unpaired) electrons. The Bertz CT molecular complexity index is 1270. The molecule has 3 aliphatic rings. The Morgan fingerprint density at radius 1 is 1.06 bits per heavy atom. The van der Waals surface area contributed by atoms with Crippen molar-refractivity contribution >= 4 is 40.6 Å². The first kappa shape index (κ1) is 23.2. The number of anilines is 5. The maximum absolute atomic E-state index is 13.6. The van der Waals surface area contributed by atoms with Gasteiger partial charge in [0.1, 0.15) is 17.5 Å². The summed E-state index contributed by atoms with van der Waals surface area (Å²) in [6.45, 7) is 6.99. The van der Waals surface area contributed by atoms with E-state index in [1.807, 2.05) is 25.2 Å². The number of hydrogen-bond donors (Lipinski definition) is 2. The van der Waals surface area contributed by atoms with E-state index in [4.69, 9.17) is 21.6 Å². The van der Waals surface area contributed by atoms with Gasteiger partial charge in [0.15, 0.2) is 5.15 Å². The van der Waals surface area contributed by atoms with Crippen LogP contribution in [0.2, 0.25) is 5.15 Å². The second-order valence-electron chi connectivity index (χ2n) is 10.7. The number of halogens is 2. The van der Waals surface area contributed by atoms with Crippen molar-refractivity contribution in [1.82, 2.24) is 20.2 Å². The van der Waals surface area contributed by atoms with E-state index in [1.54, 1.807) is 6.20 Å². The summed E-state index contributed by atoms with van der Waals surface area (Å²) >= 11 is 6.09. The highest BCUT2D eigenvalue weighted by Crippen LogP contribution is 2.47. The van der Waals surface area contributed by atoms with Crippen molar-refractivity contribution in [2.45, 2.75) is 38.1 Å². The summed E-state index contributed by atoms with van der Waals surface area (Å²) in [7, 11) is 1.90. The van der Waals surface area contributed by atoms with E-state index in [0.717, 1.165) is 61.0 Å². The topological polar surface area (TPSA) is 82.1 Å². The third kappa shape index (κ3) is 3.99. The number of aromatic nitrogens is 4. The zero-order valence-corrected chi connectivity index (χ0v) is 21.4. The molecule has 188 valence electrons. The van der Waals surface area contributed by atoms with Crippen LogP contribution in [0.5, 0.6) is 0 Å². The minimum absolute atomic E-state index is 0.162. The SMILES string of the molecule is CNc1nc(N[C@H]2[C@@H]3CC[C@H]2CN(c2cnnc(Cl)c2)C3)nc2c1C(C)(C)CN2c1ccc(F)cc1. The van der Waals surface area contributed by atoms with Crippen LogP contribution in [0, 0.1) is 17.7 Å². The Balaban J connectivity index is 1.29. The molecular weight excluding hydrogens is 479 g/mol. The molecule has 1 aromatic carbocycles. The van der Waals surface area contributed by atoms with Crippen LogP contribution in [0.15, 0.2) is 36.5 Å². The van der Waals surface area contributed by atoms with Crippen molar-refractivity contribution in [3.63, 3.8) is 0 Å². The highest BCUT2D eigenvalue weighted by atomic mass is 35.5. The second kappa shape index (κ2) is 8.73. The van der Waals surface area contributed by atoms with Crippen LogP contribution < -0.4 is 20.4 Å². The predicted molar refractivity (Wildman–Crippen MR) is 141 cm³/mol. The number of nitrogens with one attached hydrogen (secondary N) is 2. The molecule has 2 bridgehead atoms. The van der Waals surface area contributed by atoms with Gasteiger partial charge in [0, 0.05) is 55.5 Å². The Hall–Kier alpha value is -3.20. The minimum atomic E-state index is -0.245. The van der Waals surface area contributed by atoms with E-state index in [0.29, 0.717) is 29.0 Å². The monoisotopic (exact) mass is 508 g/mol. The Morgan fingerprint density at radius 3 is 2.44 bits per heavy atom. The molecule has 0 amide bonds. The minimum Gasteiger partial charge on any atom is -0.373 e. The van der Waals surface area contributed by atoms with Crippen molar-refractivity contribution in [3.8, 4) is 0 Å². The summed E-state index contributed by atoms with van der Waals surface area (Å²) in [5, 5.41) is 15.3. The van der Waals surface area contributed by atoms with Crippen molar-refractivity contribution in [2.24, 2.45) is 11.8 Å². The van der Waals surface area contributed by atoms with Crippen molar-refractivity contribution in [3.05, 3.63) is 53.1 Å². The molecule has 10 heteroatoms. The summed E-state index contributed by atoms with van der Waals surface area (Å²) in [5.41, 5.74) is 2.87. The first-order valence-corrected chi connectivity index (χ1v) is 12.8. The summed E-state index contributed by atoms with van der Waals surface area (Å²) in [4.78, 5) is 14.5. The standard InChI is InChI=1S/C26H30ClFN8/c1-26(2)14-36(18-8-6-17(28)7-9-18)24-21(26)23(29-3)32-25(33-24)31-22-15-4-5-16(22)13-35(12-15)19-10-20(27)34-30-11-19/h6-11,15-16,22H,4-5,12-14H2,1-3H3,(H2,29,31,32,33)/t15-,16+,22+. The molecule has 0 spiro atoms. The second-order valence-corrected chi connectivity index (χ2v) is 11.1. The Labute approximate surface area is 215 Å². The average molecular weight is 509 g/mol. The molecule has 2 aromatic heterocycles. The van der Waals surface area contributed by atoms with Gasteiger partial charge in [-0.3, -0.25) is 0 Å². The highest BCUT2D eigenvalue weighted by Gasteiger charge is 2.44. The van der Waals surface area contributed by atoms with E-state index < -0.39 is 0 Å². The van der Waals surface area contributed by atoms with E-state index in [9.17, 15) is 4.39 Å². The molecule has 3 aromatic rings. The van der Waals surface area contributed by atoms with Gasteiger partial charge in [-0.25, -0.2) is 4.39 Å². The van der Waals surface area contributed by atoms with Crippen molar-refractivity contribution < 1.29 is 4.39 Å². The van der Waals surface area contributed by atoms with E-state index in [1.165, 1.54) is 12.1 Å². The van der Waals surface area contributed by atoms with Gasteiger partial charge < -0.3 is 20.4 Å². The number of fused-ring (bicyclic) bond motifs is 3. The molecule has 1 saturated carbocycles. The fraction of sp³-hybridized carbons (Fsp3) is 0.462. The van der Waals surface area contributed by atoms with Gasteiger partial charge in [-0.2, -0.15) is 15.1 Å². The van der Waals surface area contributed by atoms with Crippen LogP contribution >= 0.6 is 11.6 Å². The summed E-state index contributed by atoms with van der Waals surface area (Å²) in [5.74, 6) is 3.03. The molecule has 2 fully saturated rings. The molecule has 2 N–H and O–H groups in total. The number of nitrogens with zero attached hydrogens (tertiary/aromatic N) is 6. The summed E-state index contributed by atoms with van der Waals surface area (Å²) in [6.07, 6.45) is 4.10. The molecular formula is C26H30ClFN8. The van der Waals surface area contributed by atoms with E-state index >= 15 is 0 Å². The highest BCUT2D eigenvalue weighted by molar-refractivity contribution is 6.29. The van der Waals surface area contributed by atoms with Gasteiger partial charge in [-0.15, -0.1) is 5.10 Å². The summed E-state index contributed by atoms with van der Waals surface area (Å²) in [6, 6.07) is 8.79. The number of hydrogen-bond acceptors (Lipinski definition) is 8. The molecule has 2 aliphatic heterocycles. The Kier molecular flexibility index (Phi) is 5.63. The molecule has 1 aliphatic carbocycles. The fourth-order valence-corrected chi connectivity index (χ4v) is 6.37. The van der Waals surface area contributed by atoms with Crippen LogP contribution in [0.3, 0.4) is 0 Å². The predicted octanol–water partition coefficient (Wildman–Crippen LogP) is 4.86. The zero-order chi connectivity index (χ0) is 25.0. The van der Waals surface area contributed by atoms with Crippen LogP contribution in [0.1, 0.15) is 32.3 Å². The first-order valence-electron chi connectivity index (χ1n) is 12.5. The molecule has 3 atom stereocenters. The quantitative estimate of drug-likeness (QED) is 0.506. The maximum atomic E-state index is 13.6. The van der Waals surface area contributed by atoms with Gasteiger partial charge >= 0.3 is 0 Å². The lowest BCUT2D eigenvalue weighted by Gasteiger charge is -2.39. The fourth-order valence-electron chi connectivity index (χ4n) is 6.22. The van der Waals surface area contributed by atoms with Gasteiger partial charge in [0.05, 0.1) is 11.9 Å². The Morgan fingerprint density at radius 2 is 1.78 bits per heavy atom. The molecule has 6 rings (SSSR count). The van der Waals surface area contributed by atoms with Crippen LogP contribution in [0.4, 0.5) is 33.3 Å². The van der Waals surface area contributed by atoms with Crippen LogP contribution in [0.25, 0.3) is 0 Å². The van der Waals surface area contributed by atoms with Crippen molar-refractivity contribution in [1.29, 1.82) is 0 Å². The largest absolute Gasteiger partial charge is 0.373 e. The third-order valence-electron chi connectivity index (χ3n) is 7.86. The molecule has 4 heterocycles. The van der Waals surface area contributed by atoms with E-state index in [2.05, 4.69) is 44.5 Å². The van der Waals surface area contributed by atoms with Gasteiger partial charge in [0.25, 0.3) is 0 Å². The van der Waals surface area contributed by atoms with Crippen molar-refractivity contribution in [2.75, 3.05) is 47.1 Å². The van der Waals surface area contributed by atoms with Gasteiger partial charge in [-0.1, -0.05) is 25.4 Å². The normalized spacial score (nSPS) is 24.1. The molecule has 36 heavy (non-hydrogen) atoms. The molecule has 8 nitrogen and oxygen atoms in total. The molecule has 0 unspecified atom stereocenters. The van der Waals surface area contributed by atoms with Gasteiger partial charge in [-0.05, 0) is 48.9 Å². The maximum Gasteiger partial charge on any atom is 0.226 e. The lowest BCUT2D eigenvalue weighted by Crippen LogP contribution is -2.48.